The molecule has 1 aliphatic rings. The highest BCUT2D eigenvalue weighted by atomic mass is 79.9. The summed E-state index contributed by atoms with van der Waals surface area (Å²) in [5.74, 6) is -0.243. The van der Waals surface area contributed by atoms with Crippen LogP contribution >= 0.6 is 27.3 Å². The van der Waals surface area contributed by atoms with Crippen LogP contribution in [0.4, 0.5) is 0 Å². The van der Waals surface area contributed by atoms with Gasteiger partial charge in [0.05, 0.1) is 28.5 Å². The Kier molecular flexibility index (Phi) is 9.02. The van der Waals surface area contributed by atoms with Crippen LogP contribution in [-0.4, -0.2) is 23.1 Å². The van der Waals surface area contributed by atoms with Gasteiger partial charge in [0.1, 0.15) is 5.75 Å². The van der Waals surface area contributed by atoms with E-state index in [1.807, 2.05) is 31.2 Å². The highest BCUT2D eigenvalue weighted by molar-refractivity contribution is 9.10. The Balaban J connectivity index is 1.99. The number of carbonyl (C=O) groups excluding carboxylic acids is 2. The summed E-state index contributed by atoms with van der Waals surface area (Å²) in [5.41, 5.74) is 3.27. The molecule has 0 N–H and O–H groups in total. The van der Waals surface area contributed by atoms with E-state index in [9.17, 15) is 14.4 Å². The van der Waals surface area contributed by atoms with Crippen molar-refractivity contribution < 1.29 is 19.1 Å². The van der Waals surface area contributed by atoms with Gasteiger partial charge in [-0.2, -0.15) is 0 Å². The van der Waals surface area contributed by atoms with Crippen LogP contribution in [0.25, 0.3) is 6.08 Å². The van der Waals surface area contributed by atoms with Crippen LogP contribution in [0.2, 0.25) is 0 Å². The van der Waals surface area contributed by atoms with Crippen molar-refractivity contribution in [3.05, 3.63) is 94.6 Å². The maximum absolute atomic E-state index is 14.0. The number of esters is 2. The first kappa shape index (κ1) is 28.7. The van der Waals surface area contributed by atoms with E-state index in [-0.39, 0.29) is 12.2 Å². The Morgan fingerprint density at radius 2 is 1.87 bits per heavy atom. The molecule has 0 bridgehead atoms. The fourth-order valence-electron chi connectivity index (χ4n) is 4.52. The van der Waals surface area contributed by atoms with E-state index in [1.165, 1.54) is 18.3 Å². The van der Waals surface area contributed by atoms with Gasteiger partial charge in [-0.25, -0.2) is 9.79 Å². The summed E-state index contributed by atoms with van der Waals surface area (Å²) in [6, 6.07) is 12.5. The summed E-state index contributed by atoms with van der Waals surface area (Å²) in [5, 5.41) is 0. The van der Waals surface area contributed by atoms with Crippen LogP contribution in [0.1, 0.15) is 76.1 Å². The van der Waals surface area contributed by atoms with E-state index in [1.54, 1.807) is 35.8 Å². The van der Waals surface area contributed by atoms with Gasteiger partial charge in [-0.15, -0.1) is 0 Å². The molecule has 0 amide bonds. The van der Waals surface area contributed by atoms with Gasteiger partial charge in [-0.1, -0.05) is 78.7 Å². The monoisotopic (exact) mass is 610 g/mol. The minimum atomic E-state index is -0.680. The van der Waals surface area contributed by atoms with Crippen molar-refractivity contribution in [2.45, 2.75) is 59.4 Å². The standard InChI is InChI=1S/C30H31BrN2O5S/c1-6-8-23-26(29(36)37-7-2)27(20-11-9-19(10-12-20)17(3)4)33-28(35)25(39-30(33)32-23)16-21-15-22(31)13-14-24(21)38-18(5)34/h9-17,27H,6-8H2,1-5H3/b25-16-/t27-/m0/s1. The molecule has 9 heteroatoms. The molecule has 0 radical (unpaired) electrons. The molecular weight excluding hydrogens is 580 g/mol. The molecule has 1 aromatic heterocycles. The van der Waals surface area contributed by atoms with Crippen molar-refractivity contribution in [2.24, 2.45) is 4.99 Å². The number of nitrogens with zero attached hydrogens (tertiary/aromatic N) is 2. The molecule has 3 aromatic rings. The lowest BCUT2D eigenvalue weighted by Gasteiger charge is -2.26. The second-order valence-corrected chi connectivity index (χ2v) is 11.4. The Morgan fingerprint density at radius 1 is 1.15 bits per heavy atom. The van der Waals surface area contributed by atoms with Crippen molar-refractivity contribution in [3.63, 3.8) is 0 Å². The maximum Gasteiger partial charge on any atom is 0.338 e. The van der Waals surface area contributed by atoms with Crippen molar-refractivity contribution in [1.82, 2.24) is 4.57 Å². The van der Waals surface area contributed by atoms with Crippen LogP contribution < -0.4 is 19.6 Å². The summed E-state index contributed by atoms with van der Waals surface area (Å²) >= 11 is 4.69. The molecule has 1 aliphatic heterocycles. The molecule has 7 nitrogen and oxygen atoms in total. The number of hydrogen-bond donors (Lipinski definition) is 0. The molecule has 0 unspecified atom stereocenters. The van der Waals surface area contributed by atoms with Gasteiger partial charge in [0, 0.05) is 17.0 Å². The van der Waals surface area contributed by atoms with E-state index in [0.717, 1.165) is 22.0 Å². The summed E-state index contributed by atoms with van der Waals surface area (Å²) < 4.78 is 13.6. The number of thiazole rings is 1. The average Bonchev–Trinajstić information content (AvgIpc) is 3.19. The molecule has 39 heavy (non-hydrogen) atoms. The van der Waals surface area contributed by atoms with Gasteiger partial charge in [0.25, 0.3) is 5.56 Å². The van der Waals surface area contributed by atoms with Crippen LogP contribution in [0.5, 0.6) is 5.75 Å². The summed E-state index contributed by atoms with van der Waals surface area (Å²) in [6.07, 6.45) is 3.04. The van der Waals surface area contributed by atoms with Gasteiger partial charge in [0.2, 0.25) is 0 Å². The van der Waals surface area contributed by atoms with Crippen LogP contribution in [0, 0.1) is 0 Å². The molecule has 204 valence electrons. The zero-order chi connectivity index (χ0) is 28.3. The summed E-state index contributed by atoms with van der Waals surface area (Å²) in [7, 11) is 0. The van der Waals surface area contributed by atoms with Crippen molar-refractivity contribution in [2.75, 3.05) is 6.61 Å². The van der Waals surface area contributed by atoms with Crippen molar-refractivity contribution in [1.29, 1.82) is 0 Å². The van der Waals surface area contributed by atoms with Crippen molar-refractivity contribution >= 4 is 45.3 Å². The largest absolute Gasteiger partial charge is 0.463 e. The fraction of sp³-hybridized carbons (Fsp3) is 0.333. The van der Waals surface area contributed by atoms with E-state index in [2.05, 4.69) is 29.8 Å². The molecular formula is C30H31BrN2O5S. The number of carbonyl (C=O) groups is 2. The molecule has 0 spiro atoms. The second kappa shape index (κ2) is 12.3. The zero-order valence-electron chi connectivity index (χ0n) is 22.6. The Morgan fingerprint density at radius 3 is 2.49 bits per heavy atom. The lowest BCUT2D eigenvalue weighted by Crippen LogP contribution is -2.40. The third-order valence-electron chi connectivity index (χ3n) is 6.32. The number of benzene rings is 2. The van der Waals surface area contributed by atoms with Crippen molar-refractivity contribution in [3.8, 4) is 5.75 Å². The first-order valence-corrected chi connectivity index (χ1v) is 14.5. The van der Waals surface area contributed by atoms with Crippen LogP contribution in [0.15, 0.2) is 68.0 Å². The SMILES string of the molecule is CCCC1=C(C(=O)OCC)[C@H](c2ccc(C(C)C)cc2)n2c(s/c(=C\c3cc(Br)ccc3OC(C)=O)c2=O)=N1. The molecule has 0 aliphatic carbocycles. The molecule has 4 rings (SSSR count). The number of allylic oxidation sites excluding steroid dienone is 1. The molecule has 0 fully saturated rings. The smallest absolute Gasteiger partial charge is 0.338 e. The zero-order valence-corrected chi connectivity index (χ0v) is 25.0. The summed E-state index contributed by atoms with van der Waals surface area (Å²) in [4.78, 5) is 44.3. The maximum atomic E-state index is 14.0. The molecule has 0 saturated heterocycles. The minimum Gasteiger partial charge on any atom is -0.463 e. The normalized spacial score (nSPS) is 15.3. The van der Waals surface area contributed by atoms with Gasteiger partial charge >= 0.3 is 11.9 Å². The Labute approximate surface area is 239 Å². The summed E-state index contributed by atoms with van der Waals surface area (Å²) in [6.45, 7) is 9.57. The lowest BCUT2D eigenvalue weighted by atomic mass is 9.92. The number of ether oxygens (including phenoxy) is 2. The highest BCUT2D eigenvalue weighted by Crippen LogP contribution is 2.33. The third kappa shape index (κ3) is 6.15. The number of hydrogen-bond acceptors (Lipinski definition) is 7. The third-order valence-corrected chi connectivity index (χ3v) is 7.80. The van der Waals surface area contributed by atoms with Crippen LogP contribution in [0.3, 0.4) is 0 Å². The minimum absolute atomic E-state index is 0.215. The van der Waals surface area contributed by atoms with Gasteiger partial charge in [0.15, 0.2) is 4.80 Å². The van der Waals surface area contributed by atoms with E-state index >= 15 is 0 Å². The Hall–Kier alpha value is -3.30. The molecule has 0 saturated carbocycles. The Bertz CT molecular complexity index is 1620. The molecule has 2 aromatic carbocycles. The highest BCUT2D eigenvalue weighted by Gasteiger charge is 2.34. The topological polar surface area (TPSA) is 87.0 Å². The quantitative estimate of drug-likeness (QED) is 0.252. The van der Waals surface area contributed by atoms with Gasteiger partial charge < -0.3 is 9.47 Å². The first-order chi connectivity index (χ1) is 18.6. The van der Waals surface area contributed by atoms with Gasteiger partial charge in [-0.05, 0) is 54.7 Å². The fourth-order valence-corrected chi connectivity index (χ4v) is 5.91. The molecule has 1 atom stereocenters. The van der Waals surface area contributed by atoms with E-state index < -0.39 is 18.0 Å². The number of halogens is 1. The second-order valence-electron chi connectivity index (χ2n) is 9.51. The van der Waals surface area contributed by atoms with E-state index in [4.69, 9.17) is 14.5 Å². The van der Waals surface area contributed by atoms with E-state index in [0.29, 0.717) is 44.3 Å². The average molecular weight is 612 g/mol. The van der Waals surface area contributed by atoms with Gasteiger partial charge in [-0.3, -0.25) is 14.2 Å². The van der Waals surface area contributed by atoms with Crippen LogP contribution in [-0.2, 0) is 14.3 Å². The number of fused-ring (bicyclic) bond motifs is 1. The first-order valence-electron chi connectivity index (χ1n) is 12.9. The lowest BCUT2D eigenvalue weighted by molar-refractivity contribution is -0.139. The predicted molar refractivity (Wildman–Crippen MR) is 156 cm³/mol. The molecule has 2 heterocycles. The predicted octanol–water partition coefficient (Wildman–Crippen LogP) is 5.39. The number of aromatic nitrogens is 1. The number of rotatable bonds is 8.